The molecule has 0 spiro atoms. The van der Waals surface area contributed by atoms with Crippen molar-refractivity contribution in [2.75, 3.05) is 6.54 Å². The van der Waals surface area contributed by atoms with E-state index >= 15 is 0 Å². The molecule has 1 N–H and O–H groups in total. The molecule has 1 saturated heterocycles. The molecule has 2 rings (SSSR count). The first-order valence-corrected chi connectivity index (χ1v) is 5.59. The second kappa shape index (κ2) is 4.60. The molecular weight excluding hydrogens is 176 g/mol. The summed E-state index contributed by atoms with van der Waals surface area (Å²) in [6.07, 6.45) is 5.89. The minimum atomic E-state index is 0.415. The Bertz CT molecular complexity index is 277. The van der Waals surface area contributed by atoms with Gasteiger partial charge in [0.05, 0.1) is 11.7 Å². The van der Waals surface area contributed by atoms with Crippen LogP contribution in [0.3, 0.4) is 0 Å². The third-order valence-corrected chi connectivity index (χ3v) is 2.77. The van der Waals surface area contributed by atoms with Crippen LogP contribution in [0.4, 0.5) is 0 Å². The molecule has 3 nitrogen and oxygen atoms in total. The van der Waals surface area contributed by atoms with Gasteiger partial charge in [-0.2, -0.15) is 0 Å². The average Bonchev–Trinajstić information content (AvgIpc) is 2.85. The van der Waals surface area contributed by atoms with Gasteiger partial charge in [-0.1, -0.05) is 18.5 Å². The number of hydrogen-bond acceptors (Lipinski definition) is 3. The first-order chi connectivity index (χ1) is 6.90. The lowest BCUT2D eigenvalue weighted by Crippen LogP contribution is -2.11. The molecule has 78 valence electrons. The van der Waals surface area contributed by atoms with E-state index in [-0.39, 0.29) is 0 Å². The van der Waals surface area contributed by atoms with E-state index in [1.807, 2.05) is 0 Å². The summed E-state index contributed by atoms with van der Waals surface area (Å²) in [5, 5.41) is 7.49. The third kappa shape index (κ3) is 2.15. The van der Waals surface area contributed by atoms with Crippen LogP contribution >= 0.6 is 0 Å². The molecule has 0 amide bonds. The lowest BCUT2D eigenvalue weighted by molar-refractivity contribution is 0.347. The molecule has 14 heavy (non-hydrogen) atoms. The normalized spacial score (nSPS) is 21.6. The van der Waals surface area contributed by atoms with E-state index in [0.717, 1.165) is 24.4 Å². The summed E-state index contributed by atoms with van der Waals surface area (Å²) in [5.74, 6) is 1.02. The van der Waals surface area contributed by atoms with Crippen LogP contribution in [0.2, 0.25) is 0 Å². The average molecular weight is 194 g/mol. The van der Waals surface area contributed by atoms with Gasteiger partial charge in [-0.05, 0) is 32.2 Å². The molecule has 0 saturated carbocycles. The number of aromatic nitrogens is 1. The van der Waals surface area contributed by atoms with Crippen LogP contribution in [0.25, 0.3) is 0 Å². The molecular formula is C11H18N2O. The van der Waals surface area contributed by atoms with Crippen LogP contribution < -0.4 is 5.32 Å². The van der Waals surface area contributed by atoms with Crippen LogP contribution in [0, 0.1) is 0 Å². The maximum absolute atomic E-state index is 5.33. The van der Waals surface area contributed by atoms with Gasteiger partial charge in [-0.3, -0.25) is 0 Å². The van der Waals surface area contributed by atoms with Gasteiger partial charge in [0.15, 0.2) is 5.76 Å². The Morgan fingerprint density at radius 3 is 3.29 bits per heavy atom. The Labute approximate surface area is 84.9 Å². The van der Waals surface area contributed by atoms with Crippen molar-refractivity contribution >= 4 is 0 Å². The van der Waals surface area contributed by atoms with Crippen molar-refractivity contribution in [3.63, 3.8) is 0 Å². The van der Waals surface area contributed by atoms with E-state index in [0.29, 0.717) is 6.04 Å². The molecule has 1 fully saturated rings. The van der Waals surface area contributed by atoms with Crippen molar-refractivity contribution in [3.05, 3.63) is 17.5 Å². The smallest absolute Gasteiger partial charge is 0.153 e. The number of nitrogens with one attached hydrogen (secondary N) is 1. The predicted molar refractivity (Wildman–Crippen MR) is 55.1 cm³/mol. The highest BCUT2D eigenvalue weighted by molar-refractivity contribution is 5.10. The maximum atomic E-state index is 5.33. The lowest BCUT2D eigenvalue weighted by Gasteiger charge is -2.02. The van der Waals surface area contributed by atoms with Gasteiger partial charge >= 0.3 is 0 Å². The first kappa shape index (κ1) is 9.71. The van der Waals surface area contributed by atoms with Gasteiger partial charge in [-0.15, -0.1) is 0 Å². The van der Waals surface area contributed by atoms with Crippen molar-refractivity contribution in [3.8, 4) is 0 Å². The topological polar surface area (TPSA) is 38.1 Å². The summed E-state index contributed by atoms with van der Waals surface area (Å²) in [7, 11) is 0. The van der Waals surface area contributed by atoms with E-state index in [4.69, 9.17) is 4.52 Å². The molecule has 1 aromatic heterocycles. The quantitative estimate of drug-likeness (QED) is 0.800. The zero-order valence-electron chi connectivity index (χ0n) is 8.75. The van der Waals surface area contributed by atoms with Gasteiger partial charge in [0, 0.05) is 6.07 Å². The third-order valence-electron chi connectivity index (χ3n) is 2.77. The Balaban J connectivity index is 1.94. The Kier molecular flexibility index (Phi) is 3.19. The first-order valence-electron chi connectivity index (χ1n) is 5.59. The molecule has 1 aliphatic rings. The predicted octanol–water partition coefficient (Wildman–Crippen LogP) is 2.44. The molecule has 1 atom stereocenters. The number of hydrogen-bond donors (Lipinski definition) is 1. The standard InChI is InChI=1S/C11H18N2O/c1-2-3-5-9-8-11(14-13-9)10-6-4-7-12-10/h8,10,12H,2-7H2,1H3/t10-/m1/s1. The highest BCUT2D eigenvalue weighted by Crippen LogP contribution is 2.23. The summed E-state index contributed by atoms with van der Waals surface area (Å²) in [4.78, 5) is 0. The van der Waals surface area contributed by atoms with E-state index < -0.39 is 0 Å². The van der Waals surface area contributed by atoms with Gasteiger partial charge < -0.3 is 9.84 Å². The highest BCUT2D eigenvalue weighted by atomic mass is 16.5. The van der Waals surface area contributed by atoms with Gasteiger partial charge in [-0.25, -0.2) is 0 Å². The van der Waals surface area contributed by atoms with E-state index in [9.17, 15) is 0 Å². The van der Waals surface area contributed by atoms with Crippen LogP contribution in [0.15, 0.2) is 10.6 Å². The van der Waals surface area contributed by atoms with Crippen LogP contribution in [-0.2, 0) is 6.42 Å². The second-order valence-electron chi connectivity index (χ2n) is 3.97. The van der Waals surface area contributed by atoms with E-state index in [1.165, 1.54) is 25.7 Å². The molecule has 0 unspecified atom stereocenters. The minimum absolute atomic E-state index is 0.415. The summed E-state index contributed by atoms with van der Waals surface area (Å²) < 4.78 is 5.33. The van der Waals surface area contributed by atoms with Crippen LogP contribution in [0.1, 0.15) is 50.1 Å². The summed E-state index contributed by atoms with van der Waals surface area (Å²) in [5.41, 5.74) is 1.11. The van der Waals surface area contributed by atoms with E-state index in [1.54, 1.807) is 0 Å². The summed E-state index contributed by atoms with van der Waals surface area (Å²) in [6.45, 7) is 3.30. The number of aryl methyl sites for hydroxylation is 1. The summed E-state index contributed by atoms with van der Waals surface area (Å²) in [6, 6.07) is 2.52. The Morgan fingerprint density at radius 2 is 2.57 bits per heavy atom. The highest BCUT2D eigenvalue weighted by Gasteiger charge is 2.20. The van der Waals surface area contributed by atoms with Gasteiger partial charge in [0.25, 0.3) is 0 Å². The number of unbranched alkanes of at least 4 members (excludes halogenated alkanes) is 1. The maximum Gasteiger partial charge on any atom is 0.153 e. The van der Waals surface area contributed by atoms with Crippen LogP contribution in [0.5, 0.6) is 0 Å². The van der Waals surface area contributed by atoms with Gasteiger partial charge in [0.2, 0.25) is 0 Å². The van der Waals surface area contributed by atoms with Crippen molar-refractivity contribution in [2.24, 2.45) is 0 Å². The fraction of sp³-hybridized carbons (Fsp3) is 0.727. The molecule has 0 aliphatic carbocycles. The lowest BCUT2D eigenvalue weighted by atomic mass is 10.1. The molecule has 2 heterocycles. The SMILES string of the molecule is CCCCc1cc([C@H]2CCCN2)on1. The van der Waals surface area contributed by atoms with E-state index in [2.05, 4.69) is 23.5 Å². The van der Waals surface area contributed by atoms with Gasteiger partial charge in [0.1, 0.15) is 0 Å². The molecule has 1 aliphatic heterocycles. The number of nitrogens with zero attached hydrogens (tertiary/aromatic N) is 1. The molecule has 1 aromatic rings. The summed E-state index contributed by atoms with van der Waals surface area (Å²) >= 11 is 0. The molecule has 3 heteroatoms. The van der Waals surface area contributed by atoms with Crippen molar-refractivity contribution in [1.29, 1.82) is 0 Å². The Hall–Kier alpha value is -0.830. The van der Waals surface area contributed by atoms with Crippen molar-refractivity contribution in [1.82, 2.24) is 10.5 Å². The van der Waals surface area contributed by atoms with Crippen LogP contribution in [-0.4, -0.2) is 11.7 Å². The van der Waals surface area contributed by atoms with Crippen molar-refractivity contribution < 1.29 is 4.52 Å². The minimum Gasteiger partial charge on any atom is -0.359 e. The largest absolute Gasteiger partial charge is 0.359 e. The zero-order valence-corrected chi connectivity index (χ0v) is 8.75. The molecule has 0 aromatic carbocycles. The number of rotatable bonds is 4. The monoisotopic (exact) mass is 194 g/mol. The molecule has 0 bridgehead atoms. The fourth-order valence-electron chi connectivity index (χ4n) is 1.90. The second-order valence-corrected chi connectivity index (χ2v) is 3.97. The molecule has 0 radical (unpaired) electrons. The Morgan fingerprint density at radius 1 is 1.64 bits per heavy atom. The zero-order chi connectivity index (χ0) is 9.80. The van der Waals surface area contributed by atoms with Crippen molar-refractivity contribution in [2.45, 2.75) is 45.1 Å². The fourth-order valence-corrected chi connectivity index (χ4v) is 1.90.